The predicted octanol–water partition coefficient (Wildman–Crippen LogP) is 0.0647. The van der Waals surface area contributed by atoms with Gasteiger partial charge in [-0.3, -0.25) is 0 Å². The van der Waals surface area contributed by atoms with Crippen molar-refractivity contribution in [3.05, 3.63) is 0 Å². The molecule has 82 valence electrons. The monoisotopic (exact) mass is 202 g/mol. The number of hydrogen-bond acceptors (Lipinski definition) is 4. The Hall–Kier alpha value is -0.810. The van der Waals surface area contributed by atoms with E-state index >= 15 is 0 Å². The van der Waals surface area contributed by atoms with Crippen molar-refractivity contribution in [2.24, 2.45) is 0 Å². The molecule has 1 fully saturated rings. The van der Waals surface area contributed by atoms with E-state index in [-0.39, 0.29) is 6.09 Å². The van der Waals surface area contributed by atoms with Crippen LogP contribution in [0.4, 0.5) is 4.79 Å². The average Bonchev–Trinajstić information content (AvgIpc) is 2.25. The zero-order valence-electron chi connectivity index (χ0n) is 8.62. The lowest BCUT2D eigenvalue weighted by molar-refractivity contribution is 0.0275. The third-order valence-electron chi connectivity index (χ3n) is 2.02. The molecule has 0 aromatic carbocycles. The molecule has 0 atom stereocenters. The summed E-state index contributed by atoms with van der Waals surface area (Å²) in [6.45, 7) is 6.57. The Labute approximate surface area is 84.4 Å². The lowest BCUT2D eigenvalue weighted by Crippen LogP contribution is -2.41. The van der Waals surface area contributed by atoms with Crippen LogP contribution >= 0.6 is 0 Å². The highest BCUT2D eigenvalue weighted by Gasteiger charge is 2.17. The molecule has 0 aliphatic carbocycles. The Morgan fingerprint density at radius 2 is 2.21 bits per heavy atom. The molecule has 1 rings (SSSR count). The molecular weight excluding hydrogens is 184 g/mol. The van der Waals surface area contributed by atoms with Gasteiger partial charge in [0.25, 0.3) is 0 Å². The van der Waals surface area contributed by atoms with Crippen LogP contribution in [0.5, 0.6) is 0 Å². The number of morpholine rings is 1. The molecule has 0 bridgehead atoms. The number of amides is 1. The fourth-order valence-electron chi connectivity index (χ4n) is 1.22. The van der Waals surface area contributed by atoms with Gasteiger partial charge in [-0.05, 0) is 6.54 Å². The van der Waals surface area contributed by atoms with Crippen LogP contribution in [0.15, 0.2) is 0 Å². The minimum atomic E-state index is -0.230. The van der Waals surface area contributed by atoms with Crippen molar-refractivity contribution >= 4 is 6.09 Å². The molecule has 0 unspecified atom stereocenters. The van der Waals surface area contributed by atoms with Crippen molar-refractivity contribution in [2.45, 2.75) is 6.92 Å². The zero-order valence-corrected chi connectivity index (χ0v) is 8.62. The molecule has 5 nitrogen and oxygen atoms in total. The number of nitrogens with zero attached hydrogens (tertiary/aromatic N) is 1. The average molecular weight is 202 g/mol. The van der Waals surface area contributed by atoms with E-state index in [0.717, 1.165) is 6.54 Å². The van der Waals surface area contributed by atoms with Crippen LogP contribution in [-0.2, 0) is 9.47 Å². The van der Waals surface area contributed by atoms with Crippen LogP contribution < -0.4 is 5.32 Å². The number of hydrogen-bond donors (Lipinski definition) is 1. The number of ether oxygens (including phenoxy) is 2. The van der Waals surface area contributed by atoms with Crippen LogP contribution in [0.3, 0.4) is 0 Å². The summed E-state index contributed by atoms with van der Waals surface area (Å²) in [5, 5.41) is 3.09. The Morgan fingerprint density at radius 1 is 1.50 bits per heavy atom. The lowest BCUT2D eigenvalue weighted by atomic mass is 10.5. The molecule has 1 amide bonds. The normalized spacial score (nSPS) is 16.8. The smallest absolute Gasteiger partial charge is 0.409 e. The van der Waals surface area contributed by atoms with Gasteiger partial charge in [-0.15, -0.1) is 0 Å². The molecule has 14 heavy (non-hydrogen) atoms. The Balaban J connectivity index is 2.07. The lowest BCUT2D eigenvalue weighted by Gasteiger charge is -2.25. The second-order valence-corrected chi connectivity index (χ2v) is 3.07. The largest absolute Gasteiger partial charge is 0.448 e. The van der Waals surface area contributed by atoms with Gasteiger partial charge in [-0.2, -0.15) is 0 Å². The van der Waals surface area contributed by atoms with Gasteiger partial charge >= 0.3 is 6.09 Å². The van der Waals surface area contributed by atoms with Gasteiger partial charge in [-0.1, -0.05) is 6.92 Å². The highest BCUT2D eigenvalue weighted by molar-refractivity contribution is 5.67. The molecule has 0 spiro atoms. The summed E-state index contributed by atoms with van der Waals surface area (Å²) in [5.41, 5.74) is 0. The highest BCUT2D eigenvalue weighted by atomic mass is 16.6. The first-order valence-corrected chi connectivity index (χ1v) is 5.04. The second kappa shape index (κ2) is 6.62. The fraction of sp³-hybridized carbons (Fsp3) is 0.889. The van der Waals surface area contributed by atoms with E-state index in [1.165, 1.54) is 0 Å². The number of likely N-dealkylation sites (N-methyl/N-ethyl adjacent to an activating group) is 1. The van der Waals surface area contributed by atoms with E-state index in [2.05, 4.69) is 5.32 Å². The first-order valence-electron chi connectivity index (χ1n) is 5.04. The molecule has 1 saturated heterocycles. The molecule has 0 aromatic rings. The molecular formula is C9H18N2O3. The molecule has 5 heteroatoms. The predicted molar refractivity (Wildman–Crippen MR) is 52.3 cm³/mol. The van der Waals surface area contributed by atoms with Crippen LogP contribution in [0.1, 0.15) is 6.92 Å². The third-order valence-corrected chi connectivity index (χ3v) is 2.02. The van der Waals surface area contributed by atoms with Crippen LogP contribution in [-0.4, -0.2) is 57.0 Å². The summed E-state index contributed by atoms with van der Waals surface area (Å²) in [5.74, 6) is 0. The van der Waals surface area contributed by atoms with Gasteiger partial charge in [0.15, 0.2) is 0 Å². The van der Waals surface area contributed by atoms with E-state index in [0.29, 0.717) is 39.5 Å². The quantitative estimate of drug-likeness (QED) is 0.655. The fourth-order valence-corrected chi connectivity index (χ4v) is 1.22. The summed E-state index contributed by atoms with van der Waals surface area (Å²) in [4.78, 5) is 13.1. The summed E-state index contributed by atoms with van der Waals surface area (Å²) in [7, 11) is 0. The summed E-state index contributed by atoms with van der Waals surface area (Å²) >= 11 is 0. The Kier molecular flexibility index (Phi) is 5.32. The van der Waals surface area contributed by atoms with Crippen molar-refractivity contribution in [2.75, 3.05) is 46.0 Å². The van der Waals surface area contributed by atoms with E-state index in [1.54, 1.807) is 4.90 Å². The maximum Gasteiger partial charge on any atom is 0.409 e. The summed E-state index contributed by atoms with van der Waals surface area (Å²) in [6, 6.07) is 0. The standard InChI is InChI=1S/C9H18N2O3/c1-2-10-3-6-14-9(12)11-4-7-13-8-5-11/h10H,2-8H2,1H3. The first-order chi connectivity index (χ1) is 6.84. The molecule has 1 aliphatic heterocycles. The minimum absolute atomic E-state index is 0.230. The zero-order chi connectivity index (χ0) is 10.2. The summed E-state index contributed by atoms with van der Waals surface area (Å²) < 4.78 is 10.2. The van der Waals surface area contributed by atoms with Crippen molar-refractivity contribution in [1.82, 2.24) is 10.2 Å². The van der Waals surface area contributed by atoms with Gasteiger partial charge in [0.1, 0.15) is 6.61 Å². The second-order valence-electron chi connectivity index (χ2n) is 3.07. The van der Waals surface area contributed by atoms with Crippen molar-refractivity contribution in [1.29, 1.82) is 0 Å². The molecule has 0 radical (unpaired) electrons. The maximum absolute atomic E-state index is 11.4. The van der Waals surface area contributed by atoms with E-state index < -0.39 is 0 Å². The first kappa shape index (κ1) is 11.3. The van der Waals surface area contributed by atoms with Crippen molar-refractivity contribution < 1.29 is 14.3 Å². The number of carbonyl (C=O) groups excluding carboxylic acids is 1. The van der Waals surface area contributed by atoms with E-state index in [1.807, 2.05) is 6.92 Å². The van der Waals surface area contributed by atoms with E-state index in [9.17, 15) is 4.79 Å². The summed E-state index contributed by atoms with van der Waals surface area (Å²) in [6.07, 6.45) is -0.230. The number of rotatable bonds is 4. The van der Waals surface area contributed by atoms with Gasteiger partial charge in [-0.25, -0.2) is 4.79 Å². The van der Waals surface area contributed by atoms with Crippen LogP contribution in [0.2, 0.25) is 0 Å². The molecule has 1 aliphatic rings. The highest BCUT2D eigenvalue weighted by Crippen LogP contribution is 1.99. The molecule has 0 aromatic heterocycles. The van der Waals surface area contributed by atoms with Crippen molar-refractivity contribution in [3.63, 3.8) is 0 Å². The van der Waals surface area contributed by atoms with Gasteiger partial charge in [0.2, 0.25) is 0 Å². The Bertz CT molecular complexity index is 169. The van der Waals surface area contributed by atoms with Gasteiger partial charge in [0, 0.05) is 19.6 Å². The van der Waals surface area contributed by atoms with Gasteiger partial charge < -0.3 is 19.7 Å². The number of carbonyl (C=O) groups is 1. The topological polar surface area (TPSA) is 50.8 Å². The van der Waals surface area contributed by atoms with Gasteiger partial charge in [0.05, 0.1) is 13.2 Å². The number of nitrogens with one attached hydrogen (secondary N) is 1. The molecule has 1 heterocycles. The Morgan fingerprint density at radius 3 is 2.86 bits per heavy atom. The molecule has 1 N–H and O–H groups in total. The SMILES string of the molecule is CCNCCOC(=O)N1CCOCC1. The molecule has 0 saturated carbocycles. The third kappa shape index (κ3) is 3.93. The van der Waals surface area contributed by atoms with E-state index in [4.69, 9.17) is 9.47 Å². The van der Waals surface area contributed by atoms with Crippen LogP contribution in [0, 0.1) is 0 Å². The van der Waals surface area contributed by atoms with Crippen LogP contribution in [0.25, 0.3) is 0 Å². The van der Waals surface area contributed by atoms with Crippen molar-refractivity contribution in [3.8, 4) is 0 Å². The minimum Gasteiger partial charge on any atom is -0.448 e. The maximum atomic E-state index is 11.4.